The Morgan fingerprint density at radius 2 is 2.14 bits per heavy atom. The molecular weight excluding hydrogens is 180 g/mol. The molecule has 82 valence electrons. The van der Waals surface area contributed by atoms with Crippen LogP contribution in [-0.2, 0) is 9.53 Å². The third-order valence-corrected chi connectivity index (χ3v) is 2.89. The van der Waals surface area contributed by atoms with Gasteiger partial charge in [-0.1, -0.05) is 12.8 Å². The van der Waals surface area contributed by atoms with Gasteiger partial charge < -0.3 is 9.84 Å². The highest BCUT2D eigenvalue weighted by atomic mass is 16.5. The maximum atomic E-state index is 11.0. The van der Waals surface area contributed by atoms with E-state index in [1.165, 1.54) is 12.8 Å². The first-order valence-electron chi connectivity index (χ1n) is 5.57. The van der Waals surface area contributed by atoms with Gasteiger partial charge in [-0.15, -0.1) is 0 Å². The van der Waals surface area contributed by atoms with Gasteiger partial charge >= 0.3 is 5.97 Å². The van der Waals surface area contributed by atoms with Crippen molar-refractivity contribution in [3.05, 3.63) is 0 Å². The first-order chi connectivity index (χ1) is 6.74. The van der Waals surface area contributed by atoms with Gasteiger partial charge in [0.2, 0.25) is 0 Å². The van der Waals surface area contributed by atoms with Gasteiger partial charge in [-0.05, 0) is 32.1 Å². The molecule has 0 aromatic carbocycles. The second-order valence-electron chi connectivity index (χ2n) is 3.96. The molecule has 3 nitrogen and oxygen atoms in total. The normalized spacial score (nSPS) is 19.6. The van der Waals surface area contributed by atoms with Crippen LogP contribution in [0, 0.1) is 5.92 Å². The van der Waals surface area contributed by atoms with E-state index in [0.29, 0.717) is 25.4 Å². The summed E-state index contributed by atoms with van der Waals surface area (Å²) in [7, 11) is 0. The average Bonchev–Trinajstić information content (AvgIpc) is 2.67. The molecule has 1 unspecified atom stereocenters. The first-order valence-corrected chi connectivity index (χ1v) is 5.57. The largest absolute Gasteiger partial charge is 0.466 e. The minimum Gasteiger partial charge on any atom is -0.466 e. The zero-order chi connectivity index (χ0) is 10.4. The number of esters is 1. The van der Waals surface area contributed by atoms with Gasteiger partial charge in [-0.2, -0.15) is 0 Å². The van der Waals surface area contributed by atoms with E-state index in [0.717, 1.165) is 12.8 Å². The highest BCUT2D eigenvalue weighted by Crippen LogP contribution is 2.29. The summed E-state index contributed by atoms with van der Waals surface area (Å²) in [6.07, 6.45) is 5.28. The van der Waals surface area contributed by atoms with Crippen molar-refractivity contribution in [2.24, 2.45) is 5.92 Å². The van der Waals surface area contributed by atoms with Crippen LogP contribution in [0.1, 0.15) is 45.4 Å². The molecule has 0 radical (unpaired) electrons. The van der Waals surface area contributed by atoms with E-state index in [1.54, 1.807) is 6.92 Å². The SMILES string of the molecule is CCOC(=O)CCC(O)C1CCCC1. The molecule has 0 heterocycles. The Bertz CT molecular complexity index is 173. The monoisotopic (exact) mass is 200 g/mol. The minimum atomic E-state index is -0.304. The number of carbonyl (C=O) groups is 1. The third kappa shape index (κ3) is 3.66. The minimum absolute atomic E-state index is 0.190. The van der Waals surface area contributed by atoms with Gasteiger partial charge in [-0.25, -0.2) is 0 Å². The molecule has 0 saturated heterocycles. The summed E-state index contributed by atoms with van der Waals surface area (Å²) >= 11 is 0. The Labute approximate surface area is 85.5 Å². The number of aliphatic hydroxyl groups is 1. The number of aliphatic hydroxyl groups excluding tert-OH is 1. The molecule has 0 amide bonds. The van der Waals surface area contributed by atoms with Crippen LogP contribution in [0.25, 0.3) is 0 Å². The van der Waals surface area contributed by atoms with Crippen molar-refractivity contribution >= 4 is 5.97 Å². The highest BCUT2D eigenvalue weighted by Gasteiger charge is 2.23. The quantitative estimate of drug-likeness (QED) is 0.689. The summed E-state index contributed by atoms with van der Waals surface area (Å²) in [5.41, 5.74) is 0. The number of hydrogen-bond acceptors (Lipinski definition) is 3. The summed E-state index contributed by atoms with van der Waals surface area (Å²) in [6, 6.07) is 0. The number of rotatable bonds is 5. The van der Waals surface area contributed by atoms with Crippen molar-refractivity contribution in [2.45, 2.75) is 51.6 Å². The van der Waals surface area contributed by atoms with E-state index < -0.39 is 0 Å². The predicted molar refractivity (Wildman–Crippen MR) is 53.8 cm³/mol. The molecular formula is C11H20O3. The standard InChI is InChI=1S/C11H20O3/c1-2-14-11(13)8-7-10(12)9-5-3-4-6-9/h9-10,12H,2-8H2,1H3. The number of hydrogen-bond donors (Lipinski definition) is 1. The topological polar surface area (TPSA) is 46.5 Å². The molecule has 1 atom stereocenters. The van der Waals surface area contributed by atoms with Crippen LogP contribution in [0.5, 0.6) is 0 Å². The van der Waals surface area contributed by atoms with Crippen LogP contribution in [0.15, 0.2) is 0 Å². The molecule has 1 aliphatic rings. The van der Waals surface area contributed by atoms with Gasteiger partial charge in [0.15, 0.2) is 0 Å². The van der Waals surface area contributed by atoms with E-state index in [-0.39, 0.29) is 12.1 Å². The molecule has 0 aromatic heterocycles. The zero-order valence-corrected chi connectivity index (χ0v) is 8.87. The molecule has 0 aromatic rings. The summed E-state index contributed by atoms with van der Waals surface area (Å²) in [5.74, 6) is 0.231. The summed E-state index contributed by atoms with van der Waals surface area (Å²) in [5, 5.41) is 9.76. The molecule has 1 fully saturated rings. The van der Waals surface area contributed by atoms with Gasteiger partial charge in [0, 0.05) is 6.42 Å². The summed E-state index contributed by atoms with van der Waals surface area (Å²) in [6.45, 7) is 2.23. The van der Waals surface area contributed by atoms with Crippen molar-refractivity contribution < 1.29 is 14.6 Å². The third-order valence-electron chi connectivity index (χ3n) is 2.89. The second-order valence-corrected chi connectivity index (χ2v) is 3.96. The summed E-state index contributed by atoms with van der Waals surface area (Å²) < 4.78 is 4.80. The molecule has 1 saturated carbocycles. The molecule has 3 heteroatoms. The first kappa shape index (κ1) is 11.5. The Kier molecular flexibility index (Phi) is 4.94. The van der Waals surface area contributed by atoms with E-state index in [1.807, 2.05) is 0 Å². The van der Waals surface area contributed by atoms with E-state index in [4.69, 9.17) is 4.74 Å². The fraction of sp³-hybridized carbons (Fsp3) is 0.909. The lowest BCUT2D eigenvalue weighted by Crippen LogP contribution is -2.19. The molecule has 0 spiro atoms. The van der Waals surface area contributed by atoms with Crippen molar-refractivity contribution in [1.82, 2.24) is 0 Å². The zero-order valence-electron chi connectivity index (χ0n) is 8.87. The fourth-order valence-electron chi connectivity index (χ4n) is 2.08. The molecule has 1 rings (SSSR count). The lowest BCUT2D eigenvalue weighted by atomic mass is 9.97. The maximum Gasteiger partial charge on any atom is 0.305 e. The van der Waals surface area contributed by atoms with Crippen LogP contribution in [0.4, 0.5) is 0 Å². The molecule has 0 bridgehead atoms. The van der Waals surface area contributed by atoms with Gasteiger partial charge in [0.25, 0.3) is 0 Å². The summed E-state index contributed by atoms with van der Waals surface area (Å²) in [4.78, 5) is 11.0. The van der Waals surface area contributed by atoms with Gasteiger partial charge in [0.05, 0.1) is 12.7 Å². The number of carbonyl (C=O) groups excluding carboxylic acids is 1. The van der Waals surface area contributed by atoms with Crippen molar-refractivity contribution in [2.75, 3.05) is 6.61 Å². The van der Waals surface area contributed by atoms with E-state index in [9.17, 15) is 9.90 Å². The number of ether oxygens (including phenoxy) is 1. The predicted octanol–water partition coefficient (Wildman–Crippen LogP) is 1.88. The van der Waals surface area contributed by atoms with Crippen LogP contribution < -0.4 is 0 Å². The molecule has 1 N–H and O–H groups in total. The average molecular weight is 200 g/mol. The Balaban J connectivity index is 2.13. The fourth-order valence-corrected chi connectivity index (χ4v) is 2.08. The Hall–Kier alpha value is -0.570. The lowest BCUT2D eigenvalue weighted by Gasteiger charge is -2.16. The van der Waals surface area contributed by atoms with Gasteiger partial charge in [-0.3, -0.25) is 4.79 Å². The molecule has 0 aliphatic heterocycles. The van der Waals surface area contributed by atoms with Crippen LogP contribution in [0.2, 0.25) is 0 Å². The molecule has 14 heavy (non-hydrogen) atoms. The van der Waals surface area contributed by atoms with Crippen molar-refractivity contribution in [1.29, 1.82) is 0 Å². The van der Waals surface area contributed by atoms with Crippen LogP contribution in [-0.4, -0.2) is 23.8 Å². The maximum absolute atomic E-state index is 11.0. The highest BCUT2D eigenvalue weighted by molar-refractivity contribution is 5.69. The van der Waals surface area contributed by atoms with Crippen molar-refractivity contribution in [3.8, 4) is 0 Å². The van der Waals surface area contributed by atoms with E-state index in [2.05, 4.69) is 0 Å². The smallest absolute Gasteiger partial charge is 0.305 e. The Morgan fingerprint density at radius 3 is 2.71 bits per heavy atom. The van der Waals surface area contributed by atoms with Crippen LogP contribution >= 0.6 is 0 Å². The molecule has 1 aliphatic carbocycles. The Morgan fingerprint density at radius 1 is 1.50 bits per heavy atom. The van der Waals surface area contributed by atoms with Gasteiger partial charge in [0.1, 0.15) is 0 Å². The second kappa shape index (κ2) is 6.02. The van der Waals surface area contributed by atoms with E-state index >= 15 is 0 Å². The van der Waals surface area contributed by atoms with Crippen molar-refractivity contribution in [3.63, 3.8) is 0 Å². The lowest BCUT2D eigenvalue weighted by molar-refractivity contribution is -0.143. The van der Waals surface area contributed by atoms with Crippen LogP contribution in [0.3, 0.4) is 0 Å².